The van der Waals surface area contributed by atoms with Crippen LogP contribution in [0.3, 0.4) is 0 Å². The van der Waals surface area contributed by atoms with E-state index in [0.29, 0.717) is 6.29 Å². The van der Waals surface area contributed by atoms with Gasteiger partial charge in [-0.2, -0.15) is 0 Å². The Balaban J connectivity index is 2.84. The van der Waals surface area contributed by atoms with Gasteiger partial charge in [-0.15, -0.1) is 0 Å². The first kappa shape index (κ1) is 12.2. The molecular formula is C11H12FNO3. The second-order valence-electron chi connectivity index (χ2n) is 3.21. The fourth-order valence-electron chi connectivity index (χ4n) is 1.18. The fourth-order valence-corrected chi connectivity index (χ4v) is 1.18. The number of carbonyl (C=O) groups excluding carboxylic acids is 2. The fraction of sp³-hybridized carbons (Fsp3) is 0.273. The number of halogens is 1. The van der Waals surface area contributed by atoms with Crippen molar-refractivity contribution in [1.82, 2.24) is 5.32 Å². The average molecular weight is 225 g/mol. The lowest BCUT2D eigenvalue weighted by atomic mass is 10.2. The number of hydrogen-bond acceptors (Lipinski definition) is 3. The Labute approximate surface area is 92.4 Å². The summed E-state index contributed by atoms with van der Waals surface area (Å²) >= 11 is 0. The summed E-state index contributed by atoms with van der Waals surface area (Å²) < 4.78 is 18.2. The topological polar surface area (TPSA) is 55.4 Å². The van der Waals surface area contributed by atoms with E-state index in [0.717, 1.165) is 12.1 Å². The molecule has 1 rings (SSSR count). The first-order valence-electron chi connectivity index (χ1n) is 4.71. The minimum Gasteiger partial charge on any atom is -0.481 e. The third-order valence-electron chi connectivity index (χ3n) is 1.96. The molecule has 1 atom stereocenters. The van der Waals surface area contributed by atoms with Gasteiger partial charge in [0.1, 0.15) is 17.9 Å². The number of likely N-dealkylation sites (N-methyl/N-ethyl adjacent to an activating group) is 1. The molecule has 1 unspecified atom stereocenters. The summed E-state index contributed by atoms with van der Waals surface area (Å²) in [4.78, 5) is 21.6. The number of nitrogens with one attached hydrogen (secondary N) is 1. The molecule has 0 saturated heterocycles. The molecule has 0 aliphatic rings. The maximum Gasteiger partial charge on any atom is 0.260 e. The van der Waals surface area contributed by atoms with E-state index in [1.807, 2.05) is 0 Å². The summed E-state index contributed by atoms with van der Waals surface area (Å²) in [6, 6.07) is 3.58. The zero-order valence-electron chi connectivity index (χ0n) is 8.99. The molecule has 0 radical (unpaired) electrons. The van der Waals surface area contributed by atoms with Crippen molar-refractivity contribution in [3.8, 4) is 5.75 Å². The van der Waals surface area contributed by atoms with Crippen molar-refractivity contribution in [2.24, 2.45) is 0 Å². The molecule has 0 aliphatic heterocycles. The van der Waals surface area contributed by atoms with Gasteiger partial charge in [-0.25, -0.2) is 4.39 Å². The second-order valence-corrected chi connectivity index (χ2v) is 3.21. The Morgan fingerprint density at radius 1 is 1.50 bits per heavy atom. The van der Waals surface area contributed by atoms with Crippen molar-refractivity contribution in [2.75, 3.05) is 7.05 Å². The van der Waals surface area contributed by atoms with Gasteiger partial charge in [0.05, 0.1) is 0 Å². The van der Waals surface area contributed by atoms with Crippen LogP contribution in [0.2, 0.25) is 0 Å². The number of hydrogen-bond donors (Lipinski definition) is 1. The minimum absolute atomic E-state index is 0.151. The summed E-state index contributed by atoms with van der Waals surface area (Å²) in [5.74, 6) is -0.751. The lowest BCUT2D eigenvalue weighted by molar-refractivity contribution is -0.126. The second kappa shape index (κ2) is 5.25. The van der Waals surface area contributed by atoms with Gasteiger partial charge in [-0.1, -0.05) is 0 Å². The van der Waals surface area contributed by atoms with Crippen LogP contribution in [0.25, 0.3) is 0 Å². The van der Waals surface area contributed by atoms with Crippen molar-refractivity contribution in [2.45, 2.75) is 13.0 Å². The monoisotopic (exact) mass is 225 g/mol. The van der Waals surface area contributed by atoms with Crippen LogP contribution in [0.4, 0.5) is 4.39 Å². The van der Waals surface area contributed by atoms with Gasteiger partial charge in [0.25, 0.3) is 5.91 Å². The van der Waals surface area contributed by atoms with Gasteiger partial charge in [-0.05, 0) is 19.1 Å². The van der Waals surface area contributed by atoms with Crippen LogP contribution in [0.5, 0.6) is 5.75 Å². The lowest BCUT2D eigenvalue weighted by Gasteiger charge is -2.13. The quantitative estimate of drug-likeness (QED) is 0.782. The molecule has 0 spiro atoms. The molecule has 0 heterocycles. The standard InChI is InChI=1S/C11H12FNO3/c1-7(11(15)13-2)16-10-4-8(6-14)3-9(12)5-10/h3-7H,1-2H3,(H,13,15). The molecule has 16 heavy (non-hydrogen) atoms. The van der Waals surface area contributed by atoms with E-state index >= 15 is 0 Å². The van der Waals surface area contributed by atoms with Crippen LogP contribution < -0.4 is 10.1 Å². The number of ether oxygens (including phenoxy) is 1. The Morgan fingerprint density at radius 3 is 2.75 bits per heavy atom. The number of carbonyl (C=O) groups is 2. The number of rotatable bonds is 4. The number of benzene rings is 1. The Kier molecular flexibility index (Phi) is 3.99. The highest BCUT2D eigenvalue weighted by atomic mass is 19.1. The third kappa shape index (κ3) is 3.05. The average Bonchev–Trinajstić information content (AvgIpc) is 2.26. The van der Waals surface area contributed by atoms with Crippen LogP contribution in [0, 0.1) is 5.82 Å². The largest absolute Gasteiger partial charge is 0.481 e. The minimum atomic E-state index is -0.744. The van der Waals surface area contributed by atoms with E-state index in [1.54, 1.807) is 0 Å². The zero-order chi connectivity index (χ0) is 12.1. The van der Waals surface area contributed by atoms with Crippen LogP contribution >= 0.6 is 0 Å². The highest BCUT2D eigenvalue weighted by Gasteiger charge is 2.13. The van der Waals surface area contributed by atoms with Gasteiger partial charge < -0.3 is 10.1 Å². The molecule has 1 amide bonds. The zero-order valence-corrected chi connectivity index (χ0v) is 8.99. The SMILES string of the molecule is CNC(=O)C(C)Oc1cc(F)cc(C=O)c1. The molecule has 4 nitrogen and oxygen atoms in total. The van der Waals surface area contributed by atoms with Crippen molar-refractivity contribution in [1.29, 1.82) is 0 Å². The van der Waals surface area contributed by atoms with Gasteiger partial charge in [0, 0.05) is 18.7 Å². The molecule has 0 aromatic heterocycles. The molecular weight excluding hydrogens is 213 g/mol. The van der Waals surface area contributed by atoms with E-state index in [2.05, 4.69) is 5.32 Å². The van der Waals surface area contributed by atoms with Crippen molar-refractivity contribution < 1.29 is 18.7 Å². The van der Waals surface area contributed by atoms with Crippen LogP contribution in [0.15, 0.2) is 18.2 Å². The van der Waals surface area contributed by atoms with Gasteiger partial charge in [-0.3, -0.25) is 9.59 Å². The molecule has 0 fully saturated rings. The van der Waals surface area contributed by atoms with Crippen LogP contribution in [-0.4, -0.2) is 25.3 Å². The van der Waals surface area contributed by atoms with E-state index < -0.39 is 11.9 Å². The van der Waals surface area contributed by atoms with Gasteiger partial charge >= 0.3 is 0 Å². The van der Waals surface area contributed by atoms with Crippen molar-refractivity contribution in [3.63, 3.8) is 0 Å². The molecule has 5 heteroatoms. The van der Waals surface area contributed by atoms with Gasteiger partial charge in [0.15, 0.2) is 6.10 Å². The smallest absolute Gasteiger partial charge is 0.260 e. The van der Waals surface area contributed by atoms with Crippen molar-refractivity contribution >= 4 is 12.2 Å². The van der Waals surface area contributed by atoms with Crippen LogP contribution in [0.1, 0.15) is 17.3 Å². The van der Waals surface area contributed by atoms with Gasteiger partial charge in [0.2, 0.25) is 0 Å². The predicted molar refractivity (Wildman–Crippen MR) is 55.9 cm³/mol. The summed E-state index contributed by atoms with van der Waals surface area (Å²) in [5.41, 5.74) is 0.166. The third-order valence-corrected chi connectivity index (χ3v) is 1.96. The number of aldehydes is 1. The highest BCUT2D eigenvalue weighted by molar-refractivity contribution is 5.80. The maximum atomic E-state index is 13.0. The van der Waals surface area contributed by atoms with E-state index in [9.17, 15) is 14.0 Å². The Bertz CT molecular complexity index is 406. The first-order chi connectivity index (χ1) is 7.56. The van der Waals surface area contributed by atoms with E-state index in [4.69, 9.17) is 4.74 Å². The molecule has 0 saturated carbocycles. The predicted octanol–water partition coefficient (Wildman–Crippen LogP) is 1.15. The Morgan fingerprint density at radius 2 is 2.19 bits per heavy atom. The van der Waals surface area contributed by atoms with E-state index in [-0.39, 0.29) is 17.2 Å². The van der Waals surface area contributed by atoms with Crippen molar-refractivity contribution in [3.05, 3.63) is 29.6 Å². The maximum absolute atomic E-state index is 13.0. The highest BCUT2D eigenvalue weighted by Crippen LogP contribution is 2.16. The lowest BCUT2D eigenvalue weighted by Crippen LogP contribution is -2.33. The normalized spacial score (nSPS) is 11.7. The first-order valence-corrected chi connectivity index (χ1v) is 4.71. The molecule has 0 aliphatic carbocycles. The molecule has 0 bridgehead atoms. The summed E-state index contributed by atoms with van der Waals surface area (Å²) in [6.45, 7) is 1.53. The Hall–Kier alpha value is -1.91. The van der Waals surface area contributed by atoms with Crippen LogP contribution in [-0.2, 0) is 4.79 Å². The number of amides is 1. The molecule has 1 aromatic carbocycles. The summed E-state index contributed by atoms with van der Waals surface area (Å²) in [5, 5.41) is 2.40. The molecule has 1 N–H and O–H groups in total. The molecule has 1 aromatic rings. The summed E-state index contributed by atoms with van der Waals surface area (Å²) in [7, 11) is 1.48. The van der Waals surface area contributed by atoms with E-state index in [1.165, 1.54) is 20.0 Å². The summed E-state index contributed by atoms with van der Waals surface area (Å²) in [6.07, 6.45) is -0.230. The molecule has 86 valence electrons.